The average Bonchev–Trinajstić information content (AvgIpc) is 2.81. The summed E-state index contributed by atoms with van der Waals surface area (Å²) >= 11 is 0. The van der Waals surface area contributed by atoms with Gasteiger partial charge in [-0.15, -0.1) is 0 Å². The van der Waals surface area contributed by atoms with Gasteiger partial charge in [-0.25, -0.2) is 0 Å². The Morgan fingerprint density at radius 2 is 2.25 bits per heavy atom. The zero-order valence-electron chi connectivity index (χ0n) is 12.8. The molecule has 110 valence electrons. The molecule has 1 amide bonds. The van der Waals surface area contributed by atoms with Gasteiger partial charge in [0.15, 0.2) is 6.10 Å². The first-order valence-electron chi connectivity index (χ1n) is 7.27. The van der Waals surface area contributed by atoms with Crippen LogP contribution in [0.1, 0.15) is 37.4 Å². The normalized spacial score (nSPS) is 18.5. The van der Waals surface area contributed by atoms with Crippen molar-refractivity contribution in [3.8, 4) is 5.75 Å². The highest BCUT2D eigenvalue weighted by atomic mass is 16.5. The Balaban J connectivity index is 2.07. The number of benzene rings is 1. The van der Waals surface area contributed by atoms with Crippen molar-refractivity contribution in [2.45, 2.75) is 38.8 Å². The Bertz CT molecular complexity index is 485. The highest BCUT2D eigenvalue weighted by Gasteiger charge is 2.23. The molecule has 4 heteroatoms. The quantitative estimate of drug-likeness (QED) is 0.896. The molecule has 2 unspecified atom stereocenters. The molecule has 0 bridgehead atoms. The van der Waals surface area contributed by atoms with E-state index in [2.05, 4.69) is 24.4 Å². The lowest BCUT2D eigenvalue weighted by molar-refractivity contribution is -0.135. The van der Waals surface area contributed by atoms with E-state index < -0.39 is 6.10 Å². The molecule has 1 aromatic rings. The number of carbonyl (C=O) groups is 1. The Hall–Kier alpha value is -1.55. The van der Waals surface area contributed by atoms with Crippen LogP contribution in [-0.2, 0) is 11.2 Å². The molecule has 0 heterocycles. The number of ether oxygens (including phenoxy) is 1. The van der Waals surface area contributed by atoms with Crippen LogP contribution in [0.3, 0.4) is 0 Å². The standard InChI is InChI=1S/C16H24N2O2/c1-5-17-15-9-6-12-10-13(7-8-14(12)15)20-11(2)16(19)18(3)4/h7-8,10-11,15,17H,5-6,9H2,1-4H3. The molecule has 0 fully saturated rings. The van der Waals surface area contributed by atoms with Crippen LogP contribution in [0.2, 0.25) is 0 Å². The summed E-state index contributed by atoms with van der Waals surface area (Å²) in [6.07, 6.45) is 1.76. The van der Waals surface area contributed by atoms with Crippen molar-refractivity contribution in [2.24, 2.45) is 0 Å². The molecule has 1 aromatic carbocycles. The second-order valence-electron chi connectivity index (χ2n) is 5.50. The van der Waals surface area contributed by atoms with Crippen LogP contribution in [0.5, 0.6) is 5.75 Å². The fraction of sp³-hybridized carbons (Fsp3) is 0.562. The SMILES string of the molecule is CCNC1CCc2cc(OC(C)C(=O)N(C)C)ccc21. The number of nitrogens with zero attached hydrogens (tertiary/aromatic N) is 1. The van der Waals surface area contributed by atoms with Gasteiger partial charge in [-0.05, 0) is 49.6 Å². The Morgan fingerprint density at radius 1 is 1.50 bits per heavy atom. The van der Waals surface area contributed by atoms with Crippen molar-refractivity contribution in [2.75, 3.05) is 20.6 Å². The summed E-state index contributed by atoms with van der Waals surface area (Å²) in [5.74, 6) is 0.764. The molecule has 0 aliphatic heterocycles. The van der Waals surface area contributed by atoms with Gasteiger partial charge in [0.05, 0.1) is 0 Å². The molecule has 0 spiro atoms. The summed E-state index contributed by atoms with van der Waals surface area (Å²) in [7, 11) is 3.48. The minimum Gasteiger partial charge on any atom is -0.481 e. The zero-order chi connectivity index (χ0) is 14.7. The third kappa shape index (κ3) is 3.12. The largest absolute Gasteiger partial charge is 0.481 e. The van der Waals surface area contributed by atoms with Crippen LogP contribution in [0.15, 0.2) is 18.2 Å². The summed E-state index contributed by atoms with van der Waals surface area (Å²) in [6.45, 7) is 4.90. The van der Waals surface area contributed by atoms with Crippen molar-refractivity contribution in [1.29, 1.82) is 0 Å². The molecule has 1 aliphatic rings. The second kappa shape index (κ2) is 6.27. The van der Waals surface area contributed by atoms with Crippen molar-refractivity contribution in [3.05, 3.63) is 29.3 Å². The summed E-state index contributed by atoms with van der Waals surface area (Å²) < 4.78 is 5.75. The van der Waals surface area contributed by atoms with Gasteiger partial charge in [-0.1, -0.05) is 13.0 Å². The van der Waals surface area contributed by atoms with E-state index in [0.29, 0.717) is 6.04 Å². The van der Waals surface area contributed by atoms with E-state index in [1.807, 2.05) is 6.07 Å². The van der Waals surface area contributed by atoms with Gasteiger partial charge in [0.2, 0.25) is 0 Å². The molecule has 0 aromatic heterocycles. The van der Waals surface area contributed by atoms with Crippen molar-refractivity contribution < 1.29 is 9.53 Å². The van der Waals surface area contributed by atoms with Crippen LogP contribution in [0.25, 0.3) is 0 Å². The van der Waals surface area contributed by atoms with E-state index in [-0.39, 0.29) is 5.91 Å². The van der Waals surface area contributed by atoms with E-state index in [1.54, 1.807) is 25.9 Å². The molecule has 1 N–H and O–H groups in total. The van der Waals surface area contributed by atoms with E-state index in [0.717, 1.165) is 25.1 Å². The maximum atomic E-state index is 11.8. The predicted molar refractivity (Wildman–Crippen MR) is 80.0 cm³/mol. The van der Waals surface area contributed by atoms with Crippen LogP contribution < -0.4 is 10.1 Å². The number of rotatable bonds is 5. The summed E-state index contributed by atoms with van der Waals surface area (Å²) in [5.41, 5.74) is 2.70. The Morgan fingerprint density at radius 3 is 2.90 bits per heavy atom. The maximum Gasteiger partial charge on any atom is 0.262 e. The highest BCUT2D eigenvalue weighted by molar-refractivity contribution is 5.80. The van der Waals surface area contributed by atoms with Crippen molar-refractivity contribution in [3.63, 3.8) is 0 Å². The monoisotopic (exact) mass is 276 g/mol. The van der Waals surface area contributed by atoms with Crippen LogP contribution in [0.4, 0.5) is 0 Å². The van der Waals surface area contributed by atoms with Crippen molar-refractivity contribution in [1.82, 2.24) is 10.2 Å². The molecule has 1 aliphatic carbocycles. The number of carbonyl (C=O) groups excluding carboxylic acids is 1. The summed E-state index contributed by atoms with van der Waals surface area (Å²) in [5, 5.41) is 3.49. The third-order valence-electron chi connectivity index (χ3n) is 3.74. The molecular formula is C16H24N2O2. The number of hydrogen-bond donors (Lipinski definition) is 1. The average molecular weight is 276 g/mol. The lowest BCUT2D eigenvalue weighted by Gasteiger charge is -2.19. The van der Waals surface area contributed by atoms with E-state index in [9.17, 15) is 4.79 Å². The first kappa shape index (κ1) is 14.9. The van der Waals surface area contributed by atoms with E-state index in [4.69, 9.17) is 4.74 Å². The lowest BCUT2D eigenvalue weighted by atomic mass is 10.1. The van der Waals surface area contributed by atoms with Gasteiger partial charge in [-0.3, -0.25) is 4.79 Å². The molecule has 0 radical (unpaired) electrons. The fourth-order valence-corrected chi connectivity index (χ4v) is 2.74. The van der Waals surface area contributed by atoms with Gasteiger partial charge in [-0.2, -0.15) is 0 Å². The minimum absolute atomic E-state index is 0.0176. The smallest absolute Gasteiger partial charge is 0.262 e. The highest BCUT2D eigenvalue weighted by Crippen LogP contribution is 2.33. The predicted octanol–water partition coefficient (Wildman–Crippen LogP) is 2.14. The van der Waals surface area contributed by atoms with Gasteiger partial charge in [0.1, 0.15) is 5.75 Å². The van der Waals surface area contributed by atoms with Gasteiger partial charge < -0.3 is 15.0 Å². The molecular weight excluding hydrogens is 252 g/mol. The third-order valence-corrected chi connectivity index (χ3v) is 3.74. The molecule has 0 saturated carbocycles. The second-order valence-corrected chi connectivity index (χ2v) is 5.50. The number of aryl methyl sites for hydroxylation is 1. The summed E-state index contributed by atoms with van der Waals surface area (Å²) in [4.78, 5) is 13.4. The van der Waals surface area contributed by atoms with E-state index >= 15 is 0 Å². The van der Waals surface area contributed by atoms with Gasteiger partial charge in [0, 0.05) is 20.1 Å². The van der Waals surface area contributed by atoms with Gasteiger partial charge >= 0.3 is 0 Å². The molecule has 20 heavy (non-hydrogen) atoms. The number of hydrogen-bond acceptors (Lipinski definition) is 3. The minimum atomic E-state index is -0.450. The number of fused-ring (bicyclic) bond motifs is 1. The number of amides is 1. The summed E-state index contributed by atoms with van der Waals surface area (Å²) in [6, 6.07) is 6.63. The maximum absolute atomic E-state index is 11.8. The Kier molecular flexibility index (Phi) is 4.65. The molecule has 2 atom stereocenters. The van der Waals surface area contributed by atoms with Gasteiger partial charge in [0.25, 0.3) is 5.91 Å². The first-order valence-corrected chi connectivity index (χ1v) is 7.27. The van der Waals surface area contributed by atoms with Crippen LogP contribution in [-0.4, -0.2) is 37.6 Å². The van der Waals surface area contributed by atoms with Crippen molar-refractivity contribution >= 4 is 5.91 Å². The van der Waals surface area contributed by atoms with E-state index in [1.165, 1.54) is 11.1 Å². The number of likely N-dealkylation sites (N-methyl/N-ethyl adjacent to an activating group) is 1. The topological polar surface area (TPSA) is 41.6 Å². The lowest BCUT2D eigenvalue weighted by Crippen LogP contribution is -2.35. The molecule has 4 nitrogen and oxygen atoms in total. The molecule has 2 rings (SSSR count). The number of nitrogens with one attached hydrogen (secondary N) is 1. The zero-order valence-corrected chi connectivity index (χ0v) is 12.8. The molecule has 0 saturated heterocycles. The fourth-order valence-electron chi connectivity index (χ4n) is 2.74. The van der Waals surface area contributed by atoms with Crippen LogP contribution >= 0.6 is 0 Å². The first-order chi connectivity index (χ1) is 9.52. The van der Waals surface area contributed by atoms with Crippen LogP contribution in [0, 0.1) is 0 Å². The Labute approximate surface area is 121 Å².